The van der Waals surface area contributed by atoms with Crippen molar-refractivity contribution in [3.63, 3.8) is 0 Å². The number of nitrogens with zero attached hydrogens (tertiary/aromatic N) is 3. The van der Waals surface area contributed by atoms with Gasteiger partial charge in [-0.05, 0) is 30.8 Å². The second-order valence-corrected chi connectivity index (χ2v) is 6.08. The van der Waals surface area contributed by atoms with Crippen LogP contribution >= 0.6 is 0 Å². The van der Waals surface area contributed by atoms with Gasteiger partial charge in [0.15, 0.2) is 0 Å². The number of fused-ring (bicyclic) bond motifs is 1. The molecular weight excluding hydrogens is 318 g/mol. The van der Waals surface area contributed by atoms with Crippen molar-refractivity contribution in [1.82, 2.24) is 25.8 Å². The maximum atomic E-state index is 12.0. The molecule has 4 rings (SSSR count). The van der Waals surface area contributed by atoms with E-state index < -0.39 is 0 Å². The normalized spacial score (nSPS) is 17.0. The molecule has 7 nitrogen and oxygen atoms in total. The van der Waals surface area contributed by atoms with Crippen molar-refractivity contribution in [1.29, 1.82) is 0 Å². The standard InChI is InChI=1S/C18H19N5O2/c24-18(14-6-3-9-19-14)21-11-8-15-22-17(23-25-15)16-13-5-2-1-4-12(13)7-10-20-16/h1-2,4-5,7,10,14,19H,3,6,8-9,11H2,(H,21,24). The van der Waals surface area contributed by atoms with Gasteiger partial charge in [0.25, 0.3) is 0 Å². The molecule has 0 saturated carbocycles. The number of hydrogen-bond acceptors (Lipinski definition) is 6. The molecule has 0 radical (unpaired) electrons. The molecule has 0 bridgehead atoms. The topological polar surface area (TPSA) is 92.9 Å². The fourth-order valence-corrected chi connectivity index (χ4v) is 3.07. The molecule has 7 heteroatoms. The predicted octanol–water partition coefficient (Wildman–Crippen LogP) is 1.70. The van der Waals surface area contributed by atoms with Gasteiger partial charge in [-0.2, -0.15) is 4.98 Å². The molecule has 2 aromatic heterocycles. The Bertz CT molecular complexity index is 881. The molecule has 1 fully saturated rings. The van der Waals surface area contributed by atoms with Gasteiger partial charge >= 0.3 is 0 Å². The van der Waals surface area contributed by atoms with E-state index in [0.717, 1.165) is 30.2 Å². The molecule has 0 aliphatic carbocycles. The van der Waals surface area contributed by atoms with Gasteiger partial charge in [0.05, 0.1) is 6.04 Å². The Morgan fingerprint density at radius 3 is 3.12 bits per heavy atom. The summed E-state index contributed by atoms with van der Waals surface area (Å²) in [7, 11) is 0. The first-order chi connectivity index (χ1) is 12.3. The second kappa shape index (κ2) is 6.98. The summed E-state index contributed by atoms with van der Waals surface area (Å²) < 4.78 is 5.31. The number of carbonyl (C=O) groups is 1. The van der Waals surface area contributed by atoms with Crippen molar-refractivity contribution < 1.29 is 9.32 Å². The molecule has 0 spiro atoms. The van der Waals surface area contributed by atoms with Gasteiger partial charge in [0.1, 0.15) is 5.69 Å². The van der Waals surface area contributed by atoms with Crippen LogP contribution in [0.3, 0.4) is 0 Å². The van der Waals surface area contributed by atoms with Crippen LogP contribution in [-0.4, -0.2) is 40.2 Å². The number of aromatic nitrogens is 3. The summed E-state index contributed by atoms with van der Waals surface area (Å²) in [5.74, 6) is 0.993. The van der Waals surface area contributed by atoms with Crippen molar-refractivity contribution >= 4 is 16.7 Å². The quantitative estimate of drug-likeness (QED) is 0.736. The summed E-state index contributed by atoms with van der Waals surface area (Å²) in [6, 6.07) is 9.83. The van der Waals surface area contributed by atoms with E-state index in [-0.39, 0.29) is 11.9 Å². The highest BCUT2D eigenvalue weighted by atomic mass is 16.5. The van der Waals surface area contributed by atoms with Gasteiger partial charge in [-0.3, -0.25) is 9.78 Å². The molecule has 1 unspecified atom stereocenters. The number of benzene rings is 1. The number of pyridine rings is 1. The third kappa shape index (κ3) is 3.36. The molecule has 1 aromatic carbocycles. The predicted molar refractivity (Wildman–Crippen MR) is 92.8 cm³/mol. The Hall–Kier alpha value is -2.80. The Labute approximate surface area is 144 Å². The van der Waals surface area contributed by atoms with Gasteiger partial charge in [-0.15, -0.1) is 0 Å². The minimum atomic E-state index is -0.0712. The monoisotopic (exact) mass is 337 g/mol. The van der Waals surface area contributed by atoms with E-state index in [1.54, 1.807) is 6.20 Å². The lowest BCUT2D eigenvalue weighted by atomic mass is 10.1. The number of amides is 1. The first-order valence-electron chi connectivity index (χ1n) is 8.49. The third-order valence-corrected chi connectivity index (χ3v) is 4.37. The molecule has 3 aromatic rings. The molecular formula is C18H19N5O2. The SMILES string of the molecule is O=C(NCCc1nc(-c2nccc3ccccc23)no1)C1CCCN1. The highest BCUT2D eigenvalue weighted by molar-refractivity contribution is 5.92. The van der Waals surface area contributed by atoms with Gasteiger partial charge < -0.3 is 15.2 Å². The molecule has 3 heterocycles. The van der Waals surface area contributed by atoms with E-state index in [1.807, 2.05) is 30.3 Å². The van der Waals surface area contributed by atoms with Gasteiger partial charge in [0.2, 0.25) is 17.6 Å². The molecule has 1 saturated heterocycles. The van der Waals surface area contributed by atoms with Crippen molar-refractivity contribution in [3.8, 4) is 11.5 Å². The fraction of sp³-hybridized carbons (Fsp3) is 0.333. The Kier molecular flexibility index (Phi) is 4.39. The highest BCUT2D eigenvalue weighted by Gasteiger charge is 2.21. The summed E-state index contributed by atoms with van der Waals surface area (Å²) >= 11 is 0. The molecule has 2 N–H and O–H groups in total. The lowest BCUT2D eigenvalue weighted by molar-refractivity contribution is -0.122. The van der Waals surface area contributed by atoms with Crippen LogP contribution in [0.5, 0.6) is 0 Å². The number of carbonyl (C=O) groups excluding carboxylic acids is 1. The van der Waals surface area contributed by atoms with E-state index in [2.05, 4.69) is 25.8 Å². The zero-order chi connectivity index (χ0) is 17.1. The summed E-state index contributed by atoms with van der Waals surface area (Å²) in [5, 5.41) is 12.2. The van der Waals surface area contributed by atoms with Crippen LogP contribution in [0.15, 0.2) is 41.1 Å². The van der Waals surface area contributed by atoms with E-state index >= 15 is 0 Å². The zero-order valence-corrected chi connectivity index (χ0v) is 13.7. The molecule has 1 atom stereocenters. The summed E-state index contributed by atoms with van der Waals surface area (Å²) in [4.78, 5) is 20.8. The zero-order valence-electron chi connectivity index (χ0n) is 13.7. The average molecular weight is 337 g/mol. The first kappa shape index (κ1) is 15.7. The minimum absolute atomic E-state index is 0.0351. The van der Waals surface area contributed by atoms with Crippen LogP contribution in [0.4, 0.5) is 0 Å². The fourth-order valence-electron chi connectivity index (χ4n) is 3.07. The Balaban J connectivity index is 1.42. The van der Waals surface area contributed by atoms with Gasteiger partial charge in [-0.25, -0.2) is 0 Å². The van der Waals surface area contributed by atoms with Crippen LogP contribution in [0.25, 0.3) is 22.3 Å². The van der Waals surface area contributed by atoms with Gasteiger partial charge in [-0.1, -0.05) is 29.4 Å². The Morgan fingerprint density at radius 2 is 2.24 bits per heavy atom. The van der Waals surface area contributed by atoms with Crippen LogP contribution < -0.4 is 10.6 Å². The largest absolute Gasteiger partial charge is 0.354 e. The summed E-state index contributed by atoms with van der Waals surface area (Å²) in [5.41, 5.74) is 0.701. The average Bonchev–Trinajstić information content (AvgIpc) is 3.33. The summed E-state index contributed by atoms with van der Waals surface area (Å²) in [6.07, 6.45) is 4.17. The molecule has 1 aliphatic heterocycles. The molecule has 25 heavy (non-hydrogen) atoms. The van der Waals surface area contributed by atoms with E-state index in [4.69, 9.17) is 4.52 Å². The molecule has 1 aliphatic rings. The van der Waals surface area contributed by atoms with Crippen molar-refractivity contribution in [2.45, 2.75) is 25.3 Å². The third-order valence-electron chi connectivity index (χ3n) is 4.37. The van der Waals surface area contributed by atoms with Crippen LogP contribution in [0.2, 0.25) is 0 Å². The second-order valence-electron chi connectivity index (χ2n) is 6.08. The lowest BCUT2D eigenvalue weighted by Crippen LogP contribution is -2.41. The van der Waals surface area contributed by atoms with Crippen LogP contribution in [0, 0.1) is 0 Å². The number of hydrogen-bond donors (Lipinski definition) is 2. The van der Waals surface area contributed by atoms with Crippen molar-refractivity contribution in [2.24, 2.45) is 0 Å². The Morgan fingerprint density at radius 1 is 1.32 bits per heavy atom. The van der Waals surface area contributed by atoms with Crippen LogP contribution in [0.1, 0.15) is 18.7 Å². The first-order valence-corrected chi connectivity index (χ1v) is 8.49. The molecule has 128 valence electrons. The van der Waals surface area contributed by atoms with Crippen molar-refractivity contribution in [2.75, 3.05) is 13.1 Å². The molecule has 1 amide bonds. The van der Waals surface area contributed by atoms with Crippen LogP contribution in [-0.2, 0) is 11.2 Å². The maximum Gasteiger partial charge on any atom is 0.237 e. The summed E-state index contributed by atoms with van der Waals surface area (Å²) in [6.45, 7) is 1.38. The van der Waals surface area contributed by atoms with E-state index in [1.165, 1.54) is 0 Å². The lowest BCUT2D eigenvalue weighted by Gasteiger charge is -2.09. The van der Waals surface area contributed by atoms with Crippen molar-refractivity contribution in [3.05, 3.63) is 42.4 Å². The maximum absolute atomic E-state index is 12.0. The van der Waals surface area contributed by atoms with Gasteiger partial charge in [0, 0.05) is 24.5 Å². The highest BCUT2D eigenvalue weighted by Crippen LogP contribution is 2.23. The minimum Gasteiger partial charge on any atom is -0.354 e. The number of nitrogens with one attached hydrogen (secondary N) is 2. The smallest absolute Gasteiger partial charge is 0.237 e. The van der Waals surface area contributed by atoms with E-state index in [0.29, 0.717) is 30.4 Å². The van der Waals surface area contributed by atoms with E-state index in [9.17, 15) is 4.79 Å². The number of rotatable bonds is 5.